The number of pyridine rings is 1. The summed E-state index contributed by atoms with van der Waals surface area (Å²) in [5, 5.41) is 3.04. The van der Waals surface area contributed by atoms with E-state index >= 15 is 0 Å². The average molecular weight is 276 g/mol. The number of hydrogen-bond donors (Lipinski definition) is 1. The molecule has 0 saturated carbocycles. The molecule has 1 heterocycles. The first-order valence-corrected chi connectivity index (χ1v) is 6.15. The van der Waals surface area contributed by atoms with Gasteiger partial charge in [0, 0.05) is 20.3 Å². The molecule has 0 radical (unpaired) electrons. The van der Waals surface area contributed by atoms with E-state index in [1.165, 1.54) is 0 Å². The standard InChI is InChI=1S/C14H14ClN3O/c1-18(2)12-8-4-3-7-11(12)17-14(19)10-6-5-9-16-13(10)15/h3-9H,1-2H3,(H,17,19). The van der Waals surface area contributed by atoms with E-state index in [2.05, 4.69) is 10.3 Å². The molecule has 0 saturated heterocycles. The minimum Gasteiger partial charge on any atom is -0.376 e. The molecule has 1 amide bonds. The summed E-state index contributed by atoms with van der Waals surface area (Å²) in [6, 6.07) is 10.9. The summed E-state index contributed by atoms with van der Waals surface area (Å²) in [6.07, 6.45) is 1.55. The van der Waals surface area contributed by atoms with Crippen LogP contribution in [0.2, 0.25) is 5.15 Å². The number of nitrogens with one attached hydrogen (secondary N) is 1. The number of carbonyl (C=O) groups excluding carboxylic acids is 1. The van der Waals surface area contributed by atoms with Crippen LogP contribution in [0.15, 0.2) is 42.6 Å². The van der Waals surface area contributed by atoms with Gasteiger partial charge in [0.2, 0.25) is 0 Å². The van der Waals surface area contributed by atoms with Crippen molar-refractivity contribution in [3.05, 3.63) is 53.3 Å². The highest BCUT2D eigenvalue weighted by molar-refractivity contribution is 6.33. The molecular formula is C14H14ClN3O. The third kappa shape index (κ3) is 3.03. The molecule has 5 heteroatoms. The Kier molecular flexibility index (Phi) is 4.02. The number of carbonyl (C=O) groups is 1. The van der Waals surface area contributed by atoms with Crippen molar-refractivity contribution in [2.24, 2.45) is 0 Å². The van der Waals surface area contributed by atoms with Crippen LogP contribution in [0.5, 0.6) is 0 Å². The molecule has 0 fully saturated rings. The van der Waals surface area contributed by atoms with Gasteiger partial charge in [-0.3, -0.25) is 4.79 Å². The fourth-order valence-electron chi connectivity index (χ4n) is 1.71. The molecule has 0 bridgehead atoms. The van der Waals surface area contributed by atoms with E-state index in [1.54, 1.807) is 18.3 Å². The van der Waals surface area contributed by atoms with Crippen molar-refractivity contribution < 1.29 is 4.79 Å². The Morgan fingerprint density at radius 3 is 2.63 bits per heavy atom. The number of aromatic nitrogens is 1. The fraction of sp³-hybridized carbons (Fsp3) is 0.143. The van der Waals surface area contributed by atoms with Crippen molar-refractivity contribution in [2.45, 2.75) is 0 Å². The zero-order valence-electron chi connectivity index (χ0n) is 10.7. The summed E-state index contributed by atoms with van der Waals surface area (Å²) in [5.41, 5.74) is 2.02. The van der Waals surface area contributed by atoms with Crippen LogP contribution in [0.25, 0.3) is 0 Å². The first kappa shape index (κ1) is 13.4. The fourth-order valence-corrected chi connectivity index (χ4v) is 1.92. The molecule has 0 spiro atoms. The largest absolute Gasteiger partial charge is 0.376 e. The van der Waals surface area contributed by atoms with E-state index in [1.807, 2.05) is 43.3 Å². The van der Waals surface area contributed by atoms with Crippen molar-refractivity contribution in [1.82, 2.24) is 4.98 Å². The maximum absolute atomic E-state index is 12.2. The Bertz CT molecular complexity index is 599. The Labute approximate surface area is 117 Å². The maximum Gasteiger partial charge on any atom is 0.258 e. The van der Waals surface area contributed by atoms with Gasteiger partial charge in [-0.1, -0.05) is 23.7 Å². The van der Waals surface area contributed by atoms with Gasteiger partial charge < -0.3 is 10.2 Å². The number of anilines is 2. The summed E-state index contributed by atoms with van der Waals surface area (Å²) >= 11 is 5.91. The lowest BCUT2D eigenvalue weighted by molar-refractivity contribution is 0.102. The number of nitrogens with zero attached hydrogens (tertiary/aromatic N) is 2. The van der Waals surface area contributed by atoms with Gasteiger partial charge in [-0.15, -0.1) is 0 Å². The molecule has 2 rings (SSSR count). The van der Waals surface area contributed by atoms with Crippen LogP contribution in [0.1, 0.15) is 10.4 Å². The first-order valence-electron chi connectivity index (χ1n) is 5.78. The number of hydrogen-bond acceptors (Lipinski definition) is 3. The quantitative estimate of drug-likeness (QED) is 0.876. The Hall–Kier alpha value is -2.07. The second kappa shape index (κ2) is 5.71. The summed E-state index contributed by atoms with van der Waals surface area (Å²) in [4.78, 5) is 18.0. The van der Waals surface area contributed by atoms with Crippen LogP contribution >= 0.6 is 11.6 Å². The first-order chi connectivity index (χ1) is 9.09. The molecule has 0 unspecified atom stereocenters. The summed E-state index contributed by atoms with van der Waals surface area (Å²) in [5.74, 6) is -0.271. The highest BCUT2D eigenvalue weighted by atomic mass is 35.5. The van der Waals surface area contributed by atoms with Crippen LogP contribution in [0, 0.1) is 0 Å². The minimum atomic E-state index is -0.271. The molecule has 19 heavy (non-hydrogen) atoms. The lowest BCUT2D eigenvalue weighted by Crippen LogP contribution is -2.17. The van der Waals surface area contributed by atoms with E-state index in [9.17, 15) is 4.79 Å². The Morgan fingerprint density at radius 2 is 1.95 bits per heavy atom. The number of benzene rings is 1. The average Bonchev–Trinajstić information content (AvgIpc) is 2.39. The maximum atomic E-state index is 12.2. The van der Waals surface area contributed by atoms with E-state index in [0.717, 1.165) is 11.4 Å². The van der Waals surface area contributed by atoms with E-state index in [0.29, 0.717) is 5.56 Å². The van der Waals surface area contributed by atoms with Crippen LogP contribution in [-0.4, -0.2) is 25.0 Å². The lowest BCUT2D eigenvalue weighted by atomic mass is 10.2. The van der Waals surface area contributed by atoms with E-state index in [-0.39, 0.29) is 11.1 Å². The lowest BCUT2D eigenvalue weighted by Gasteiger charge is -2.17. The van der Waals surface area contributed by atoms with Crippen molar-refractivity contribution in [3.8, 4) is 0 Å². The molecule has 1 aromatic carbocycles. The predicted octanol–water partition coefficient (Wildman–Crippen LogP) is 3.05. The van der Waals surface area contributed by atoms with Gasteiger partial charge in [0.25, 0.3) is 5.91 Å². The molecule has 0 aliphatic heterocycles. The second-order valence-electron chi connectivity index (χ2n) is 4.21. The Balaban J connectivity index is 2.27. The second-order valence-corrected chi connectivity index (χ2v) is 4.57. The molecule has 1 N–H and O–H groups in total. The number of halogens is 1. The van der Waals surface area contributed by atoms with Crippen LogP contribution in [0.4, 0.5) is 11.4 Å². The van der Waals surface area contributed by atoms with Gasteiger partial charge in [0.1, 0.15) is 5.15 Å². The van der Waals surface area contributed by atoms with Gasteiger partial charge in [-0.2, -0.15) is 0 Å². The highest BCUT2D eigenvalue weighted by Gasteiger charge is 2.13. The molecule has 98 valence electrons. The van der Waals surface area contributed by atoms with Gasteiger partial charge in [-0.05, 0) is 24.3 Å². The molecule has 1 aromatic heterocycles. The molecule has 0 aliphatic carbocycles. The zero-order chi connectivity index (χ0) is 13.8. The van der Waals surface area contributed by atoms with Gasteiger partial charge in [0.05, 0.1) is 16.9 Å². The molecule has 4 nitrogen and oxygen atoms in total. The topological polar surface area (TPSA) is 45.2 Å². The van der Waals surface area contributed by atoms with Crippen LogP contribution < -0.4 is 10.2 Å². The van der Waals surface area contributed by atoms with Crippen molar-refractivity contribution in [2.75, 3.05) is 24.3 Å². The highest BCUT2D eigenvalue weighted by Crippen LogP contribution is 2.24. The van der Waals surface area contributed by atoms with Crippen LogP contribution in [-0.2, 0) is 0 Å². The van der Waals surface area contributed by atoms with Gasteiger partial charge in [0.15, 0.2) is 0 Å². The normalized spacial score (nSPS) is 10.1. The van der Waals surface area contributed by atoms with E-state index < -0.39 is 0 Å². The Morgan fingerprint density at radius 1 is 1.21 bits per heavy atom. The van der Waals surface area contributed by atoms with Crippen molar-refractivity contribution >= 4 is 28.9 Å². The van der Waals surface area contributed by atoms with Crippen LogP contribution in [0.3, 0.4) is 0 Å². The number of para-hydroxylation sites is 2. The number of rotatable bonds is 3. The SMILES string of the molecule is CN(C)c1ccccc1NC(=O)c1cccnc1Cl. The minimum absolute atomic E-state index is 0.197. The summed E-state index contributed by atoms with van der Waals surface area (Å²) in [7, 11) is 3.84. The van der Waals surface area contributed by atoms with Crippen molar-refractivity contribution in [3.63, 3.8) is 0 Å². The molecule has 2 aromatic rings. The third-order valence-corrected chi connectivity index (χ3v) is 2.94. The predicted molar refractivity (Wildman–Crippen MR) is 78.0 cm³/mol. The van der Waals surface area contributed by atoms with E-state index in [4.69, 9.17) is 11.6 Å². The monoisotopic (exact) mass is 275 g/mol. The van der Waals surface area contributed by atoms with Crippen molar-refractivity contribution in [1.29, 1.82) is 0 Å². The molecule has 0 aliphatic rings. The third-order valence-electron chi connectivity index (χ3n) is 2.64. The smallest absolute Gasteiger partial charge is 0.258 e. The molecule has 0 atom stereocenters. The number of amides is 1. The summed E-state index contributed by atoms with van der Waals surface area (Å²) in [6.45, 7) is 0. The zero-order valence-corrected chi connectivity index (χ0v) is 11.5. The van der Waals surface area contributed by atoms with Gasteiger partial charge in [-0.25, -0.2) is 4.98 Å². The molecular weight excluding hydrogens is 262 g/mol. The van der Waals surface area contributed by atoms with Gasteiger partial charge >= 0.3 is 0 Å². The summed E-state index contributed by atoms with van der Waals surface area (Å²) < 4.78 is 0.